The summed E-state index contributed by atoms with van der Waals surface area (Å²) in [6, 6.07) is 0. The summed E-state index contributed by atoms with van der Waals surface area (Å²) in [5, 5.41) is 20.9. The highest BCUT2D eigenvalue weighted by atomic mass is 16.3. The smallest absolute Gasteiger partial charge is 0.0642 e. The topological polar surface area (TPSA) is 40.5 Å². The van der Waals surface area contributed by atoms with Crippen LogP contribution in [0.4, 0.5) is 0 Å². The van der Waals surface area contributed by atoms with Gasteiger partial charge in [-0.2, -0.15) is 0 Å². The highest BCUT2D eigenvalue weighted by Gasteiger charge is 2.51. The van der Waals surface area contributed by atoms with E-state index in [1.165, 1.54) is 5.57 Å². The standard InChI is InChI=1S/C15H26O2/c1-9(2)11-7-8-15(4)12(16)6-5-10(3)13(15)14(11)17/h5,9,11-14,16-17H,6-8H2,1-4H3/t11-,12?,13+,14?,15-/m0/s1. The highest BCUT2D eigenvalue weighted by Crippen LogP contribution is 2.53. The Bertz CT molecular complexity index is 321. The third kappa shape index (κ3) is 1.96. The minimum atomic E-state index is -0.293. The normalized spacial score (nSPS) is 46.6. The van der Waals surface area contributed by atoms with Crippen molar-refractivity contribution < 1.29 is 10.2 Å². The van der Waals surface area contributed by atoms with Crippen molar-refractivity contribution in [3.8, 4) is 0 Å². The van der Waals surface area contributed by atoms with E-state index in [-0.39, 0.29) is 23.5 Å². The molecular formula is C15H26O2. The van der Waals surface area contributed by atoms with Crippen molar-refractivity contribution in [2.75, 3.05) is 0 Å². The van der Waals surface area contributed by atoms with Crippen LogP contribution in [0.3, 0.4) is 0 Å². The summed E-state index contributed by atoms with van der Waals surface area (Å²) in [6.45, 7) is 8.64. The van der Waals surface area contributed by atoms with Gasteiger partial charge in [0.25, 0.3) is 0 Å². The molecule has 2 rings (SSSR count). The summed E-state index contributed by atoms with van der Waals surface area (Å²) in [5.74, 6) is 1.04. The van der Waals surface area contributed by atoms with E-state index in [0.717, 1.165) is 19.3 Å². The van der Waals surface area contributed by atoms with Gasteiger partial charge in [0.1, 0.15) is 0 Å². The zero-order valence-corrected chi connectivity index (χ0v) is 11.5. The molecule has 2 heteroatoms. The Morgan fingerprint density at radius 3 is 2.59 bits per heavy atom. The Hall–Kier alpha value is -0.340. The summed E-state index contributed by atoms with van der Waals surface area (Å²) in [6.07, 6.45) is 4.35. The van der Waals surface area contributed by atoms with Crippen LogP contribution in [-0.2, 0) is 0 Å². The first kappa shape index (κ1) is 13.1. The van der Waals surface area contributed by atoms with Crippen LogP contribution in [0.25, 0.3) is 0 Å². The molecule has 0 amide bonds. The molecule has 0 bridgehead atoms. The Labute approximate surface area is 105 Å². The first-order valence-electron chi connectivity index (χ1n) is 6.90. The predicted octanol–water partition coefficient (Wildman–Crippen LogP) is 2.75. The molecule has 0 spiro atoms. The van der Waals surface area contributed by atoms with Crippen molar-refractivity contribution in [2.24, 2.45) is 23.2 Å². The van der Waals surface area contributed by atoms with Crippen LogP contribution >= 0.6 is 0 Å². The summed E-state index contributed by atoms with van der Waals surface area (Å²) >= 11 is 0. The van der Waals surface area contributed by atoms with Gasteiger partial charge in [0.2, 0.25) is 0 Å². The molecule has 1 fully saturated rings. The molecular weight excluding hydrogens is 212 g/mol. The van der Waals surface area contributed by atoms with Crippen LogP contribution in [0.5, 0.6) is 0 Å². The lowest BCUT2D eigenvalue weighted by Crippen LogP contribution is -2.53. The van der Waals surface area contributed by atoms with Crippen molar-refractivity contribution in [2.45, 2.75) is 59.2 Å². The second kappa shape index (κ2) is 4.40. The number of fused-ring (bicyclic) bond motifs is 1. The lowest BCUT2D eigenvalue weighted by atomic mass is 9.54. The van der Waals surface area contributed by atoms with Gasteiger partial charge in [-0.3, -0.25) is 0 Å². The predicted molar refractivity (Wildman–Crippen MR) is 69.5 cm³/mol. The maximum atomic E-state index is 10.6. The molecule has 2 nitrogen and oxygen atoms in total. The summed E-state index contributed by atoms with van der Waals surface area (Å²) < 4.78 is 0. The number of hydrogen-bond donors (Lipinski definition) is 2. The molecule has 0 radical (unpaired) electrons. The first-order valence-corrected chi connectivity index (χ1v) is 6.90. The van der Waals surface area contributed by atoms with Crippen LogP contribution in [0, 0.1) is 23.2 Å². The van der Waals surface area contributed by atoms with Gasteiger partial charge in [-0.15, -0.1) is 0 Å². The number of aliphatic hydroxyl groups is 2. The molecule has 1 saturated carbocycles. The van der Waals surface area contributed by atoms with Crippen molar-refractivity contribution in [3.63, 3.8) is 0 Å². The lowest BCUT2D eigenvalue weighted by Gasteiger charge is -2.53. The third-order valence-electron chi connectivity index (χ3n) is 5.28. The summed E-state index contributed by atoms with van der Waals surface area (Å²) in [5.41, 5.74) is 1.15. The van der Waals surface area contributed by atoms with E-state index in [1.54, 1.807) is 0 Å². The fourth-order valence-corrected chi connectivity index (χ4v) is 4.03. The highest BCUT2D eigenvalue weighted by molar-refractivity contribution is 5.20. The summed E-state index contributed by atoms with van der Waals surface area (Å²) in [7, 11) is 0. The van der Waals surface area contributed by atoms with Crippen molar-refractivity contribution in [3.05, 3.63) is 11.6 Å². The van der Waals surface area contributed by atoms with Gasteiger partial charge in [-0.05, 0) is 38.0 Å². The second-order valence-corrected chi connectivity index (χ2v) is 6.62. The van der Waals surface area contributed by atoms with E-state index >= 15 is 0 Å². The lowest BCUT2D eigenvalue weighted by molar-refractivity contribution is -0.111. The molecule has 0 aromatic heterocycles. The number of rotatable bonds is 1. The van der Waals surface area contributed by atoms with Crippen LogP contribution in [0.1, 0.15) is 47.0 Å². The molecule has 5 atom stereocenters. The zero-order chi connectivity index (χ0) is 12.8. The molecule has 0 heterocycles. The fourth-order valence-electron chi connectivity index (χ4n) is 4.03. The Balaban J connectivity index is 2.33. The second-order valence-electron chi connectivity index (χ2n) is 6.62. The average Bonchev–Trinajstić information content (AvgIpc) is 2.23. The molecule has 98 valence electrons. The van der Waals surface area contributed by atoms with E-state index in [9.17, 15) is 10.2 Å². The maximum Gasteiger partial charge on any atom is 0.0642 e. The van der Waals surface area contributed by atoms with Gasteiger partial charge >= 0.3 is 0 Å². The van der Waals surface area contributed by atoms with Crippen LogP contribution in [-0.4, -0.2) is 22.4 Å². The first-order chi connectivity index (χ1) is 7.88. The summed E-state index contributed by atoms with van der Waals surface area (Å²) in [4.78, 5) is 0. The van der Waals surface area contributed by atoms with Gasteiger partial charge in [0.05, 0.1) is 12.2 Å². The molecule has 0 aromatic rings. The number of hydrogen-bond acceptors (Lipinski definition) is 2. The van der Waals surface area contributed by atoms with Crippen LogP contribution in [0.15, 0.2) is 11.6 Å². The average molecular weight is 238 g/mol. The van der Waals surface area contributed by atoms with E-state index in [0.29, 0.717) is 11.8 Å². The van der Waals surface area contributed by atoms with Gasteiger partial charge in [0, 0.05) is 11.3 Å². The van der Waals surface area contributed by atoms with Gasteiger partial charge in [0.15, 0.2) is 0 Å². The monoisotopic (exact) mass is 238 g/mol. The minimum Gasteiger partial charge on any atom is -0.392 e. The molecule has 2 aliphatic rings. The van der Waals surface area contributed by atoms with Crippen molar-refractivity contribution >= 4 is 0 Å². The quantitative estimate of drug-likeness (QED) is 0.690. The molecule has 0 saturated heterocycles. The minimum absolute atomic E-state index is 0.121. The molecule has 2 aliphatic carbocycles. The van der Waals surface area contributed by atoms with Crippen LogP contribution in [0.2, 0.25) is 0 Å². The van der Waals surface area contributed by atoms with Crippen molar-refractivity contribution in [1.29, 1.82) is 0 Å². The van der Waals surface area contributed by atoms with Crippen LogP contribution < -0.4 is 0 Å². The van der Waals surface area contributed by atoms with E-state index in [4.69, 9.17) is 0 Å². The molecule has 0 aromatic carbocycles. The van der Waals surface area contributed by atoms with E-state index < -0.39 is 0 Å². The van der Waals surface area contributed by atoms with Gasteiger partial charge in [-0.25, -0.2) is 0 Å². The molecule has 0 aliphatic heterocycles. The van der Waals surface area contributed by atoms with E-state index in [1.807, 2.05) is 0 Å². The molecule has 17 heavy (non-hydrogen) atoms. The maximum absolute atomic E-state index is 10.6. The third-order valence-corrected chi connectivity index (χ3v) is 5.28. The Kier molecular flexibility index (Phi) is 3.39. The fraction of sp³-hybridized carbons (Fsp3) is 0.867. The van der Waals surface area contributed by atoms with E-state index in [2.05, 4.69) is 33.8 Å². The Morgan fingerprint density at radius 2 is 2.00 bits per heavy atom. The SMILES string of the molecule is CC1=CCC(O)[C@]2(C)CC[C@@H](C(C)C)C(O)[C@@H]12. The molecule has 2 unspecified atom stereocenters. The largest absolute Gasteiger partial charge is 0.392 e. The zero-order valence-electron chi connectivity index (χ0n) is 11.5. The van der Waals surface area contributed by atoms with Gasteiger partial charge in [-0.1, -0.05) is 32.4 Å². The molecule has 2 N–H and O–H groups in total. The van der Waals surface area contributed by atoms with Crippen molar-refractivity contribution in [1.82, 2.24) is 0 Å². The number of aliphatic hydroxyl groups excluding tert-OH is 2. The van der Waals surface area contributed by atoms with Gasteiger partial charge < -0.3 is 10.2 Å². The Morgan fingerprint density at radius 1 is 1.35 bits per heavy atom.